The molecule has 2 amide bonds. The molecule has 33 heavy (non-hydrogen) atoms. The summed E-state index contributed by atoms with van der Waals surface area (Å²) >= 11 is 1.01. The molecule has 1 aliphatic rings. The number of primary amides is 1. The van der Waals surface area contributed by atoms with Crippen molar-refractivity contribution in [1.29, 1.82) is 0 Å². The first-order chi connectivity index (χ1) is 15.7. The van der Waals surface area contributed by atoms with E-state index in [9.17, 15) is 18.8 Å². The summed E-state index contributed by atoms with van der Waals surface area (Å²) in [7, 11) is 0. The molecule has 1 fully saturated rings. The normalized spacial score (nSPS) is 13.9. The average molecular weight is 468 g/mol. The second kappa shape index (κ2) is 8.99. The maximum atomic E-state index is 13.4. The van der Waals surface area contributed by atoms with Gasteiger partial charge in [0.15, 0.2) is 5.13 Å². The van der Waals surface area contributed by atoms with Crippen molar-refractivity contribution >= 4 is 51.3 Å². The van der Waals surface area contributed by atoms with Crippen LogP contribution in [0.15, 0.2) is 48.5 Å². The fourth-order valence-corrected chi connectivity index (χ4v) is 4.29. The topological polar surface area (TPSA) is 131 Å². The van der Waals surface area contributed by atoms with Crippen LogP contribution in [0.25, 0.3) is 0 Å². The van der Waals surface area contributed by atoms with Crippen LogP contribution in [0.2, 0.25) is 0 Å². The predicted molar refractivity (Wildman–Crippen MR) is 125 cm³/mol. The molecule has 3 aromatic rings. The molecule has 8 nitrogen and oxygen atoms in total. The molecule has 170 valence electrons. The number of nitrogens with zero attached hydrogens (tertiary/aromatic N) is 2. The van der Waals surface area contributed by atoms with Gasteiger partial charge in [0.05, 0.1) is 0 Å². The summed E-state index contributed by atoms with van der Waals surface area (Å²) in [5.74, 6) is -1.33. The standard InChI is InChI=1S/C23H22FN5O3S/c1-12(21(26)31)29(17-10-6-15(24)7-11-17)23-28-20(25)19(33-23)18(30)13-4-8-16(9-5-13)27-22(32)14-2-3-14/h4-12,14H,2-3,25H2,1H3,(H2,26,31)(H,27,32). The molecule has 0 spiro atoms. The number of anilines is 4. The number of ketones is 1. The Kier molecular flexibility index (Phi) is 6.10. The molecule has 0 saturated heterocycles. The first kappa shape index (κ1) is 22.4. The van der Waals surface area contributed by atoms with Crippen LogP contribution in [-0.2, 0) is 9.59 Å². The van der Waals surface area contributed by atoms with Crippen LogP contribution < -0.4 is 21.7 Å². The van der Waals surface area contributed by atoms with Crippen molar-refractivity contribution in [3.8, 4) is 0 Å². The lowest BCUT2D eigenvalue weighted by molar-refractivity contribution is -0.119. The number of carbonyl (C=O) groups excluding carboxylic acids is 3. The Balaban J connectivity index is 1.60. The average Bonchev–Trinajstić information content (AvgIpc) is 3.58. The van der Waals surface area contributed by atoms with Gasteiger partial charge < -0.3 is 21.7 Å². The number of halogens is 1. The molecule has 0 aliphatic heterocycles. The SMILES string of the molecule is CC(C(N)=O)N(c1ccc(F)cc1)c1nc(N)c(C(=O)c2ccc(NC(=O)C3CC3)cc2)s1. The number of nitrogens with two attached hydrogens (primary N) is 2. The number of amides is 2. The zero-order valence-electron chi connectivity index (χ0n) is 17.7. The van der Waals surface area contributed by atoms with E-state index in [0.29, 0.717) is 16.9 Å². The van der Waals surface area contributed by atoms with Crippen molar-refractivity contribution in [2.24, 2.45) is 11.7 Å². The van der Waals surface area contributed by atoms with E-state index in [1.807, 2.05) is 0 Å². The van der Waals surface area contributed by atoms with Gasteiger partial charge in [-0.15, -0.1) is 0 Å². The molecule has 10 heteroatoms. The zero-order chi connectivity index (χ0) is 23.7. The van der Waals surface area contributed by atoms with Crippen molar-refractivity contribution in [2.45, 2.75) is 25.8 Å². The second-order valence-electron chi connectivity index (χ2n) is 7.81. The molecule has 4 rings (SSSR count). The summed E-state index contributed by atoms with van der Waals surface area (Å²) in [5.41, 5.74) is 13.0. The number of aromatic nitrogens is 1. The Morgan fingerprint density at radius 1 is 1.12 bits per heavy atom. The number of nitrogen functional groups attached to an aromatic ring is 1. The highest BCUT2D eigenvalue weighted by Gasteiger charge is 2.30. The Morgan fingerprint density at radius 3 is 2.33 bits per heavy atom. The highest BCUT2D eigenvalue weighted by molar-refractivity contribution is 7.18. The third-order valence-corrected chi connectivity index (χ3v) is 6.39. The van der Waals surface area contributed by atoms with Gasteiger partial charge in [0.2, 0.25) is 17.6 Å². The Bertz CT molecular complexity index is 1210. The van der Waals surface area contributed by atoms with E-state index in [4.69, 9.17) is 11.5 Å². The summed E-state index contributed by atoms with van der Waals surface area (Å²) in [5, 5.41) is 3.10. The van der Waals surface area contributed by atoms with E-state index in [1.54, 1.807) is 31.2 Å². The fraction of sp³-hybridized carbons (Fsp3) is 0.217. The van der Waals surface area contributed by atoms with Gasteiger partial charge in [-0.2, -0.15) is 0 Å². The Hall–Kier alpha value is -3.79. The van der Waals surface area contributed by atoms with Gasteiger partial charge in [0.25, 0.3) is 0 Å². The molecule has 1 aliphatic carbocycles. The van der Waals surface area contributed by atoms with Crippen LogP contribution in [0.4, 0.5) is 26.7 Å². The third kappa shape index (κ3) is 4.85. The molecule has 0 radical (unpaired) electrons. The molecule has 5 N–H and O–H groups in total. The number of rotatable bonds is 8. The van der Waals surface area contributed by atoms with Gasteiger partial charge in [-0.05, 0) is 68.3 Å². The van der Waals surface area contributed by atoms with Crippen LogP contribution in [0, 0.1) is 11.7 Å². The van der Waals surface area contributed by atoms with Crippen molar-refractivity contribution in [3.63, 3.8) is 0 Å². The van der Waals surface area contributed by atoms with Crippen LogP contribution in [-0.4, -0.2) is 28.6 Å². The number of nitrogens with one attached hydrogen (secondary N) is 1. The minimum Gasteiger partial charge on any atom is -0.382 e. The Morgan fingerprint density at radius 2 is 1.76 bits per heavy atom. The van der Waals surface area contributed by atoms with Gasteiger partial charge in [-0.3, -0.25) is 14.4 Å². The summed E-state index contributed by atoms with van der Waals surface area (Å²) in [4.78, 5) is 42.9. The van der Waals surface area contributed by atoms with E-state index in [-0.39, 0.29) is 33.4 Å². The lowest BCUT2D eigenvalue weighted by Crippen LogP contribution is -2.39. The van der Waals surface area contributed by atoms with E-state index >= 15 is 0 Å². The molecule has 1 aromatic heterocycles. The third-order valence-electron chi connectivity index (χ3n) is 5.32. The van der Waals surface area contributed by atoms with Crippen molar-refractivity contribution in [2.75, 3.05) is 16.0 Å². The van der Waals surface area contributed by atoms with Gasteiger partial charge in [0.1, 0.15) is 22.6 Å². The maximum absolute atomic E-state index is 13.4. The van der Waals surface area contributed by atoms with Gasteiger partial charge >= 0.3 is 0 Å². The van der Waals surface area contributed by atoms with Gasteiger partial charge in [0, 0.05) is 22.9 Å². The minimum absolute atomic E-state index is 0.00916. The molecule has 2 aromatic carbocycles. The number of carbonyl (C=O) groups is 3. The monoisotopic (exact) mass is 467 g/mol. The van der Waals surface area contributed by atoms with Crippen molar-refractivity contribution in [3.05, 3.63) is 64.8 Å². The molecule has 1 heterocycles. The molecule has 1 atom stereocenters. The van der Waals surface area contributed by atoms with Crippen molar-refractivity contribution < 1.29 is 18.8 Å². The summed E-state index contributed by atoms with van der Waals surface area (Å²) < 4.78 is 13.4. The van der Waals surface area contributed by atoms with Crippen LogP contribution in [0.5, 0.6) is 0 Å². The lowest BCUT2D eigenvalue weighted by atomic mass is 10.1. The highest BCUT2D eigenvalue weighted by atomic mass is 32.1. The smallest absolute Gasteiger partial charge is 0.240 e. The van der Waals surface area contributed by atoms with Crippen LogP contribution in [0.3, 0.4) is 0 Å². The quantitative estimate of drug-likeness (QED) is 0.435. The molecule has 0 bridgehead atoms. The maximum Gasteiger partial charge on any atom is 0.240 e. The van der Waals surface area contributed by atoms with E-state index in [1.165, 1.54) is 29.2 Å². The number of benzene rings is 2. The summed E-state index contributed by atoms with van der Waals surface area (Å²) in [6.07, 6.45) is 1.80. The van der Waals surface area contributed by atoms with E-state index in [0.717, 1.165) is 24.2 Å². The van der Waals surface area contributed by atoms with E-state index in [2.05, 4.69) is 10.3 Å². The summed E-state index contributed by atoms with van der Waals surface area (Å²) in [6.45, 7) is 1.58. The van der Waals surface area contributed by atoms with Crippen LogP contribution in [0.1, 0.15) is 35.0 Å². The lowest BCUT2D eigenvalue weighted by Gasteiger charge is -2.26. The molecule has 1 saturated carbocycles. The highest BCUT2D eigenvalue weighted by Crippen LogP contribution is 2.36. The second-order valence-corrected chi connectivity index (χ2v) is 8.78. The largest absolute Gasteiger partial charge is 0.382 e. The fourth-order valence-electron chi connectivity index (χ4n) is 3.24. The number of thiazole rings is 1. The zero-order valence-corrected chi connectivity index (χ0v) is 18.6. The molecular weight excluding hydrogens is 445 g/mol. The Labute approximate surface area is 193 Å². The molecule has 1 unspecified atom stereocenters. The minimum atomic E-state index is -0.821. The van der Waals surface area contributed by atoms with Crippen molar-refractivity contribution in [1.82, 2.24) is 4.98 Å². The first-order valence-corrected chi connectivity index (χ1v) is 11.1. The number of hydrogen-bond acceptors (Lipinski definition) is 7. The first-order valence-electron chi connectivity index (χ1n) is 10.3. The molecular formula is C23H22FN5O3S. The van der Waals surface area contributed by atoms with Gasteiger partial charge in [-0.25, -0.2) is 9.37 Å². The van der Waals surface area contributed by atoms with Crippen LogP contribution >= 0.6 is 11.3 Å². The predicted octanol–water partition coefficient (Wildman–Crippen LogP) is 3.46. The summed E-state index contributed by atoms with van der Waals surface area (Å²) in [6, 6.07) is 11.2. The van der Waals surface area contributed by atoms with E-state index < -0.39 is 17.8 Å². The number of hydrogen-bond donors (Lipinski definition) is 3. The van der Waals surface area contributed by atoms with Gasteiger partial charge in [-0.1, -0.05) is 11.3 Å².